The highest BCUT2D eigenvalue weighted by Crippen LogP contribution is 2.17. The molecular formula is C20H19FIN5O. The molecular weight excluding hydrogens is 472 g/mol. The van der Waals surface area contributed by atoms with Gasteiger partial charge in [0.1, 0.15) is 12.1 Å². The van der Waals surface area contributed by atoms with E-state index in [2.05, 4.69) is 20.6 Å². The number of halogens is 2. The van der Waals surface area contributed by atoms with Crippen molar-refractivity contribution in [3.63, 3.8) is 0 Å². The van der Waals surface area contributed by atoms with Crippen molar-refractivity contribution < 1.29 is 8.81 Å². The summed E-state index contributed by atoms with van der Waals surface area (Å²) in [4.78, 5) is 8.54. The van der Waals surface area contributed by atoms with Crippen molar-refractivity contribution in [1.82, 2.24) is 15.6 Å². The van der Waals surface area contributed by atoms with Gasteiger partial charge in [-0.15, -0.1) is 24.0 Å². The third-order valence-electron chi connectivity index (χ3n) is 3.86. The van der Waals surface area contributed by atoms with Crippen molar-refractivity contribution >= 4 is 29.9 Å². The van der Waals surface area contributed by atoms with Crippen LogP contribution >= 0.6 is 24.0 Å². The lowest BCUT2D eigenvalue weighted by atomic mass is 10.1. The maximum atomic E-state index is 13.9. The Morgan fingerprint density at radius 1 is 1.18 bits per heavy atom. The smallest absolute Gasteiger partial charge is 0.226 e. The predicted octanol–water partition coefficient (Wildman–Crippen LogP) is 3.84. The van der Waals surface area contributed by atoms with Gasteiger partial charge in [-0.3, -0.25) is 4.99 Å². The average Bonchev–Trinajstić information content (AvgIpc) is 3.18. The van der Waals surface area contributed by atoms with Gasteiger partial charge in [0.05, 0.1) is 23.9 Å². The number of guanidine groups is 1. The summed E-state index contributed by atoms with van der Waals surface area (Å²) in [6, 6.07) is 15.9. The monoisotopic (exact) mass is 491 g/mol. The molecule has 0 fully saturated rings. The molecule has 3 aromatic rings. The fourth-order valence-corrected chi connectivity index (χ4v) is 2.44. The zero-order valence-electron chi connectivity index (χ0n) is 15.1. The molecule has 0 saturated heterocycles. The normalized spacial score (nSPS) is 10.7. The standard InChI is InChI=1S/C20H18FN5O.HI/c1-23-20(24-11-16-8-7-14(10-22)9-18(16)21)25-12-17-13-27-19(26-17)15-5-3-2-4-6-15;/h2-9,13H,11-12H2,1H3,(H2,23,24,25);1H. The Morgan fingerprint density at radius 3 is 2.61 bits per heavy atom. The van der Waals surface area contributed by atoms with Gasteiger partial charge in [0.25, 0.3) is 0 Å². The van der Waals surface area contributed by atoms with E-state index in [-0.39, 0.29) is 30.5 Å². The maximum absolute atomic E-state index is 13.9. The SMILES string of the molecule is CN=C(NCc1coc(-c2ccccc2)n1)NCc1ccc(C#N)cc1F.I. The molecule has 0 aliphatic carbocycles. The first kappa shape index (κ1) is 21.4. The zero-order valence-corrected chi connectivity index (χ0v) is 17.5. The molecule has 8 heteroatoms. The molecule has 28 heavy (non-hydrogen) atoms. The highest BCUT2D eigenvalue weighted by molar-refractivity contribution is 14.0. The number of nitriles is 1. The zero-order chi connectivity index (χ0) is 19.1. The van der Waals surface area contributed by atoms with Gasteiger partial charge in [0, 0.05) is 24.7 Å². The second-order valence-corrected chi connectivity index (χ2v) is 5.71. The quantitative estimate of drug-likeness (QED) is 0.322. The molecule has 0 saturated carbocycles. The van der Waals surface area contributed by atoms with Crippen LogP contribution in [-0.4, -0.2) is 18.0 Å². The maximum Gasteiger partial charge on any atom is 0.226 e. The Balaban J connectivity index is 0.00000280. The molecule has 0 atom stereocenters. The fraction of sp³-hybridized carbons (Fsp3) is 0.150. The molecule has 0 aliphatic rings. The first-order valence-electron chi connectivity index (χ1n) is 8.32. The Kier molecular flexibility index (Phi) is 7.95. The molecule has 6 nitrogen and oxygen atoms in total. The predicted molar refractivity (Wildman–Crippen MR) is 116 cm³/mol. The molecule has 3 rings (SSSR count). The highest BCUT2D eigenvalue weighted by Gasteiger charge is 2.08. The molecule has 1 aromatic heterocycles. The van der Waals surface area contributed by atoms with Crippen molar-refractivity contribution in [1.29, 1.82) is 5.26 Å². The lowest BCUT2D eigenvalue weighted by Crippen LogP contribution is -2.36. The minimum Gasteiger partial charge on any atom is -0.444 e. The van der Waals surface area contributed by atoms with Crippen LogP contribution in [0.1, 0.15) is 16.8 Å². The first-order valence-corrected chi connectivity index (χ1v) is 8.32. The van der Waals surface area contributed by atoms with Crippen LogP contribution in [0.25, 0.3) is 11.5 Å². The lowest BCUT2D eigenvalue weighted by molar-refractivity contribution is 0.572. The minimum atomic E-state index is -0.430. The van der Waals surface area contributed by atoms with E-state index in [0.717, 1.165) is 11.3 Å². The number of rotatable bonds is 5. The molecule has 0 radical (unpaired) electrons. The lowest BCUT2D eigenvalue weighted by Gasteiger charge is -2.11. The van der Waals surface area contributed by atoms with Gasteiger partial charge in [-0.1, -0.05) is 24.3 Å². The molecule has 0 unspecified atom stereocenters. The van der Waals surface area contributed by atoms with Crippen LogP contribution < -0.4 is 10.6 Å². The van der Waals surface area contributed by atoms with E-state index in [1.54, 1.807) is 25.4 Å². The number of aromatic nitrogens is 1. The van der Waals surface area contributed by atoms with Crippen LogP contribution in [0.3, 0.4) is 0 Å². The van der Waals surface area contributed by atoms with Gasteiger partial charge in [0.15, 0.2) is 5.96 Å². The number of hydrogen-bond donors (Lipinski definition) is 2. The second kappa shape index (κ2) is 10.4. The number of oxazole rings is 1. The van der Waals surface area contributed by atoms with Crippen LogP contribution in [0.4, 0.5) is 4.39 Å². The second-order valence-electron chi connectivity index (χ2n) is 5.71. The van der Waals surface area contributed by atoms with E-state index < -0.39 is 5.82 Å². The third-order valence-corrected chi connectivity index (χ3v) is 3.86. The van der Waals surface area contributed by atoms with E-state index in [1.807, 2.05) is 36.4 Å². The van der Waals surface area contributed by atoms with Crippen molar-refractivity contribution in [2.24, 2.45) is 4.99 Å². The van der Waals surface area contributed by atoms with Crippen molar-refractivity contribution in [2.75, 3.05) is 7.05 Å². The molecule has 0 spiro atoms. The summed E-state index contributed by atoms with van der Waals surface area (Å²) in [7, 11) is 1.63. The summed E-state index contributed by atoms with van der Waals surface area (Å²) in [6.45, 7) is 0.650. The van der Waals surface area contributed by atoms with Crippen LogP contribution in [0.15, 0.2) is 64.2 Å². The topological polar surface area (TPSA) is 86.2 Å². The Labute approximate surface area is 179 Å². The van der Waals surface area contributed by atoms with Crippen molar-refractivity contribution in [3.05, 3.63) is 77.4 Å². The fourth-order valence-electron chi connectivity index (χ4n) is 2.44. The number of benzene rings is 2. The molecule has 1 heterocycles. The summed E-state index contributed by atoms with van der Waals surface area (Å²) < 4.78 is 19.4. The van der Waals surface area contributed by atoms with Crippen LogP contribution in [-0.2, 0) is 13.1 Å². The van der Waals surface area contributed by atoms with Gasteiger partial charge < -0.3 is 15.1 Å². The Morgan fingerprint density at radius 2 is 1.93 bits per heavy atom. The summed E-state index contributed by atoms with van der Waals surface area (Å²) in [5, 5.41) is 14.9. The van der Waals surface area contributed by atoms with Crippen LogP contribution in [0.2, 0.25) is 0 Å². The Bertz CT molecular complexity index is 982. The molecule has 0 aliphatic heterocycles. The summed E-state index contributed by atoms with van der Waals surface area (Å²) >= 11 is 0. The van der Waals surface area contributed by atoms with Crippen LogP contribution in [0, 0.1) is 17.1 Å². The van der Waals surface area contributed by atoms with Crippen molar-refractivity contribution in [3.8, 4) is 17.5 Å². The minimum absolute atomic E-state index is 0. The van der Waals surface area contributed by atoms with Gasteiger partial charge in [0.2, 0.25) is 5.89 Å². The molecule has 0 amide bonds. The van der Waals surface area contributed by atoms with Gasteiger partial charge in [-0.2, -0.15) is 5.26 Å². The third kappa shape index (κ3) is 5.53. The van der Waals surface area contributed by atoms with E-state index in [0.29, 0.717) is 29.5 Å². The highest BCUT2D eigenvalue weighted by atomic mass is 127. The molecule has 0 bridgehead atoms. The first-order chi connectivity index (χ1) is 13.2. The van der Waals surface area contributed by atoms with E-state index in [9.17, 15) is 4.39 Å². The summed E-state index contributed by atoms with van der Waals surface area (Å²) in [5.74, 6) is 0.624. The average molecular weight is 491 g/mol. The van der Waals surface area contributed by atoms with Gasteiger partial charge in [-0.25, -0.2) is 9.37 Å². The molecule has 2 aromatic carbocycles. The van der Waals surface area contributed by atoms with E-state index in [4.69, 9.17) is 9.68 Å². The Hall–Kier alpha value is -2.93. The number of hydrogen-bond acceptors (Lipinski definition) is 4. The van der Waals surface area contributed by atoms with Crippen LogP contribution in [0.5, 0.6) is 0 Å². The van der Waals surface area contributed by atoms with Gasteiger partial charge in [-0.05, 0) is 24.3 Å². The summed E-state index contributed by atoms with van der Waals surface area (Å²) in [6.07, 6.45) is 1.59. The molecule has 144 valence electrons. The van der Waals surface area contributed by atoms with E-state index in [1.165, 1.54) is 6.07 Å². The number of nitrogens with zero attached hydrogens (tertiary/aromatic N) is 3. The number of nitrogens with one attached hydrogen (secondary N) is 2. The van der Waals surface area contributed by atoms with E-state index >= 15 is 0 Å². The van der Waals surface area contributed by atoms with Crippen molar-refractivity contribution in [2.45, 2.75) is 13.1 Å². The summed E-state index contributed by atoms with van der Waals surface area (Å²) in [5.41, 5.74) is 2.37. The molecule has 2 N–H and O–H groups in total. The van der Waals surface area contributed by atoms with Gasteiger partial charge >= 0.3 is 0 Å². The number of aliphatic imine (C=N–C) groups is 1. The largest absolute Gasteiger partial charge is 0.444 e.